The number of alkyl halides is 2. The lowest BCUT2D eigenvalue weighted by atomic mass is 10.1. The lowest BCUT2D eigenvalue weighted by molar-refractivity contribution is -0.0494. The number of fused-ring (bicyclic) bond motifs is 1. The molecule has 1 N–H and O–H groups in total. The van der Waals surface area contributed by atoms with Gasteiger partial charge in [-0.25, -0.2) is 18.7 Å². The highest BCUT2D eigenvalue weighted by molar-refractivity contribution is 5.97. The first-order valence-corrected chi connectivity index (χ1v) is 10.5. The van der Waals surface area contributed by atoms with E-state index in [1.54, 1.807) is 30.6 Å². The van der Waals surface area contributed by atoms with Crippen LogP contribution >= 0.6 is 0 Å². The molecule has 0 bridgehead atoms. The van der Waals surface area contributed by atoms with Crippen LogP contribution in [0.2, 0.25) is 0 Å². The van der Waals surface area contributed by atoms with Gasteiger partial charge in [0.05, 0.1) is 17.4 Å². The van der Waals surface area contributed by atoms with Gasteiger partial charge in [-0.2, -0.15) is 0 Å². The van der Waals surface area contributed by atoms with Crippen molar-refractivity contribution in [3.05, 3.63) is 54.1 Å². The lowest BCUT2D eigenvalue weighted by Crippen LogP contribution is -2.42. The van der Waals surface area contributed by atoms with Crippen LogP contribution in [-0.4, -0.2) is 55.8 Å². The van der Waals surface area contributed by atoms with E-state index in [0.29, 0.717) is 16.9 Å². The van der Waals surface area contributed by atoms with Crippen LogP contribution in [0.3, 0.4) is 0 Å². The van der Waals surface area contributed by atoms with Crippen molar-refractivity contribution in [3.8, 4) is 5.69 Å². The number of hydrogen-bond acceptors (Lipinski definition) is 4. The predicted octanol–water partition coefficient (Wildman–Crippen LogP) is 3.82. The molecule has 1 aliphatic heterocycles. The molecule has 0 unspecified atom stereocenters. The molecule has 168 valence electrons. The summed E-state index contributed by atoms with van der Waals surface area (Å²) in [4.78, 5) is 35.1. The van der Waals surface area contributed by atoms with Gasteiger partial charge in [0.25, 0.3) is 17.7 Å². The highest BCUT2D eigenvalue weighted by Gasteiger charge is 2.35. The van der Waals surface area contributed by atoms with Gasteiger partial charge in [0, 0.05) is 49.2 Å². The molecule has 4 rings (SSSR count). The van der Waals surface area contributed by atoms with E-state index < -0.39 is 5.92 Å². The Kier molecular flexibility index (Phi) is 5.44. The van der Waals surface area contributed by atoms with Crippen molar-refractivity contribution in [2.45, 2.75) is 45.1 Å². The summed E-state index contributed by atoms with van der Waals surface area (Å²) in [7, 11) is 0. The number of likely N-dealkylation sites (tertiary alicyclic amines) is 1. The van der Waals surface area contributed by atoms with Crippen molar-refractivity contribution in [2.24, 2.45) is 0 Å². The standard InChI is InChI=1S/C23H25F2N5O2/c1-22(2,3)28-20(31)18-5-4-17(14-26-18)30-9-6-15-12-16(13-27-19(15)30)21(32)29-10-7-23(24,25)8-11-29/h4-6,9,12-14H,7-8,10-11H2,1-3H3,(H,28,31). The number of carbonyl (C=O) groups excluding carboxylic acids is 2. The van der Waals surface area contributed by atoms with Gasteiger partial charge in [-0.15, -0.1) is 0 Å². The molecule has 1 aliphatic rings. The largest absolute Gasteiger partial charge is 0.346 e. The van der Waals surface area contributed by atoms with E-state index in [1.165, 1.54) is 11.1 Å². The fraction of sp³-hybridized carbons (Fsp3) is 0.391. The molecule has 3 aromatic rings. The summed E-state index contributed by atoms with van der Waals surface area (Å²) < 4.78 is 28.6. The zero-order valence-electron chi connectivity index (χ0n) is 18.2. The minimum atomic E-state index is -2.70. The predicted molar refractivity (Wildman–Crippen MR) is 116 cm³/mol. The van der Waals surface area contributed by atoms with Crippen LogP contribution in [0.1, 0.15) is 54.5 Å². The number of aromatic nitrogens is 3. The number of nitrogens with one attached hydrogen (secondary N) is 1. The van der Waals surface area contributed by atoms with E-state index in [2.05, 4.69) is 15.3 Å². The summed E-state index contributed by atoms with van der Waals surface area (Å²) in [6.07, 6.45) is 4.22. The van der Waals surface area contributed by atoms with Crippen LogP contribution in [0.15, 0.2) is 42.9 Å². The van der Waals surface area contributed by atoms with Gasteiger partial charge >= 0.3 is 0 Å². The quantitative estimate of drug-likeness (QED) is 0.670. The number of amides is 2. The van der Waals surface area contributed by atoms with Crippen molar-refractivity contribution < 1.29 is 18.4 Å². The first kappa shape index (κ1) is 21.9. The van der Waals surface area contributed by atoms with Gasteiger partial charge in [-0.3, -0.25) is 14.2 Å². The number of nitrogens with zero attached hydrogens (tertiary/aromatic N) is 4. The summed E-state index contributed by atoms with van der Waals surface area (Å²) in [5, 5.41) is 3.61. The van der Waals surface area contributed by atoms with Crippen molar-refractivity contribution >= 4 is 22.8 Å². The minimum absolute atomic E-state index is 0.0334. The maximum atomic E-state index is 13.4. The highest BCUT2D eigenvalue weighted by Crippen LogP contribution is 2.28. The van der Waals surface area contributed by atoms with Crippen LogP contribution < -0.4 is 5.32 Å². The van der Waals surface area contributed by atoms with Gasteiger partial charge < -0.3 is 10.2 Å². The van der Waals surface area contributed by atoms with E-state index in [-0.39, 0.29) is 43.3 Å². The van der Waals surface area contributed by atoms with Crippen molar-refractivity contribution in [3.63, 3.8) is 0 Å². The number of rotatable bonds is 3. The van der Waals surface area contributed by atoms with E-state index in [0.717, 1.165) is 11.1 Å². The van der Waals surface area contributed by atoms with E-state index in [4.69, 9.17) is 0 Å². The van der Waals surface area contributed by atoms with E-state index >= 15 is 0 Å². The Morgan fingerprint density at radius 1 is 1.06 bits per heavy atom. The number of carbonyl (C=O) groups is 2. The molecule has 0 spiro atoms. The Hall–Kier alpha value is -3.36. The second-order valence-electron chi connectivity index (χ2n) is 9.08. The van der Waals surface area contributed by atoms with Crippen molar-refractivity contribution in [1.82, 2.24) is 24.8 Å². The van der Waals surface area contributed by atoms with Gasteiger partial charge in [-0.05, 0) is 45.0 Å². The number of hydrogen-bond donors (Lipinski definition) is 1. The number of halogens is 2. The third-order valence-corrected chi connectivity index (χ3v) is 5.30. The Morgan fingerprint density at radius 2 is 1.78 bits per heavy atom. The van der Waals surface area contributed by atoms with Crippen LogP contribution in [0.5, 0.6) is 0 Å². The Bertz CT molecular complexity index is 1160. The molecule has 0 atom stereocenters. The molecule has 0 saturated carbocycles. The molecule has 1 fully saturated rings. The summed E-state index contributed by atoms with van der Waals surface area (Å²) >= 11 is 0. The number of pyridine rings is 2. The molecule has 4 heterocycles. The molecule has 2 amide bonds. The SMILES string of the molecule is CC(C)(C)NC(=O)c1ccc(-n2ccc3cc(C(=O)N4CCC(F)(F)CC4)cnc32)cn1. The second-order valence-corrected chi connectivity index (χ2v) is 9.08. The average molecular weight is 441 g/mol. The van der Waals surface area contributed by atoms with Crippen LogP contribution in [0, 0.1) is 0 Å². The molecule has 0 aliphatic carbocycles. The molecule has 0 radical (unpaired) electrons. The first-order chi connectivity index (χ1) is 15.0. The fourth-order valence-corrected chi connectivity index (χ4v) is 3.64. The van der Waals surface area contributed by atoms with Gasteiger partial charge in [-0.1, -0.05) is 0 Å². The highest BCUT2D eigenvalue weighted by atomic mass is 19.3. The minimum Gasteiger partial charge on any atom is -0.346 e. The number of piperidine rings is 1. The maximum Gasteiger partial charge on any atom is 0.270 e. The second kappa shape index (κ2) is 7.96. The Labute approximate surface area is 184 Å². The smallest absolute Gasteiger partial charge is 0.270 e. The van der Waals surface area contributed by atoms with Crippen molar-refractivity contribution in [1.29, 1.82) is 0 Å². The monoisotopic (exact) mass is 441 g/mol. The zero-order valence-corrected chi connectivity index (χ0v) is 18.2. The third-order valence-electron chi connectivity index (χ3n) is 5.30. The van der Waals surface area contributed by atoms with Gasteiger partial charge in [0.2, 0.25) is 0 Å². The third kappa shape index (κ3) is 4.61. The Balaban J connectivity index is 1.53. The average Bonchev–Trinajstić information content (AvgIpc) is 3.15. The van der Waals surface area contributed by atoms with Crippen LogP contribution in [0.25, 0.3) is 16.7 Å². The molecular formula is C23H25F2N5O2. The fourth-order valence-electron chi connectivity index (χ4n) is 3.64. The van der Waals surface area contributed by atoms with Crippen molar-refractivity contribution in [2.75, 3.05) is 13.1 Å². The topological polar surface area (TPSA) is 80.1 Å². The van der Waals surface area contributed by atoms with E-state index in [1.807, 2.05) is 31.4 Å². The zero-order chi connectivity index (χ0) is 23.1. The summed E-state index contributed by atoms with van der Waals surface area (Å²) in [6.45, 7) is 5.76. The maximum absolute atomic E-state index is 13.4. The molecule has 1 saturated heterocycles. The first-order valence-electron chi connectivity index (χ1n) is 10.5. The Morgan fingerprint density at radius 3 is 2.41 bits per heavy atom. The lowest BCUT2D eigenvalue weighted by Gasteiger charge is -2.31. The van der Waals surface area contributed by atoms with Gasteiger partial charge in [0.1, 0.15) is 11.3 Å². The molecule has 0 aromatic carbocycles. The summed E-state index contributed by atoms with van der Waals surface area (Å²) in [5.41, 5.74) is 1.67. The molecule has 7 nitrogen and oxygen atoms in total. The van der Waals surface area contributed by atoms with Crippen LogP contribution in [0.4, 0.5) is 8.78 Å². The van der Waals surface area contributed by atoms with Crippen LogP contribution in [-0.2, 0) is 0 Å². The molecule has 9 heteroatoms. The normalized spacial score (nSPS) is 16.2. The molecule has 32 heavy (non-hydrogen) atoms. The summed E-state index contributed by atoms with van der Waals surface area (Å²) in [5.74, 6) is -3.25. The van der Waals surface area contributed by atoms with E-state index in [9.17, 15) is 18.4 Å². The van der Waals surface area contributed by atoms with Gasteiger partial charge in [0.15, 0.2) is 0 Å². The summed E-state index contributed by atoms with van der Waals surface area (Å²) in [6, 6.07) is 6.96. The molecule has 3 aromatic heterocycles. The molecular weight excluding hydrogens is 416 g/mol.